The summed E-state index contributed by atoms with van der Waals surface area (Å²) >= 11 is 0. The summed E-state index contributed by atoms with van der Waals surface area (Å²) in [6.07, 6.45) is 6.23. The van der Waals surface area contributed by atoms with Gasteiger partial charge in [-0.1, -0.05) is 38.1 Å². The normalized spacial score (nSPS) is 34.3. The second-order valence-electron chi connectivity index (χ2n) is 6.97. The molecule has 3 rings (SSSR count). The smallest absolute Gasteiger partial charge is 0.0264 e. The van der Waals surface area contributed by atoms with E-state index in [-0.39, 0.29) is 5.54 Å². The highest BCUT2D eigenvalue weighted by Crippen LogP contribution is 2.43. The monoisotopic (exact) mass is 243 g/mol. The van der Waals surface area contributed by atoms with E-state index in [0.29, 0.717) is 5.92 Å². The van der Waals surface area contributed by atoms with Crippen LogP contribution in [0.5, 0.6) is 0 Å². The van der Waals surface area contributed by atoms with Gasteiger partial charge in [-0.05, 0) is 61.0 Å². The van der Waals surface area contributed by atoms with E-state index in [0.717, 1.165) is 24.7 Å². The zero-order chi connectivity index (χ0) is 12.8. The zero-order valence-corrected chi connectivity index (χ0v) is 11.7. The molecule has 98 valence electrons. The number of hydrogen-bond acceptors (Lipinski definition) is 1. The van der Waals surface area contributed by atoms with Gasteiger partial charge < -0.3 is 5.73 Å². The molecule has 0 bridgehead atoms. The van der Waals surface area contributed by atoms with Crippen LogP contribution in [0.15, 0.2) is 24.3 Å². The molecule has 1 saturated carbocycles. The van der Waals surface area contributed by atoms with Crippen LogP contribution < -0.4 is 5.73 Å². The molecular formula is C17H25N. The topological polar surface area (TPSA) is 26.0 Å². The van der Waals surface area contributed by atoms with Gasteiger partial charge in [0.2, 0.25) is 0 Å². The number of hydrogen-bond donors (Lipinski definition) is 1. The lowest BCUT2D eigenvalue weighted by Crippen LogP contribution is -2.50. The Bertz CT molecular complexity index is 402. The summed E-state index contributed by atoms with van der Waals surface area (Å²) in [4.78, 5) is 0. The first-order chi connectivity index (χ1) is 8.57. The third-order valence-electron chi connectivity index (χ3n) is 5.15. The van der Waals surface area contributed by atoms with E-state index in [2.05, 4.69) is 38.1 Å². The first-order valence-corrected chi connectivity index (χ1v) is 7.42. The zero-order valence-electron chi connectivity index (χ0n) is 11.7. The number of rotatable bonds is 1. The van der Waals surface area contributed by atoms with Gasteiger partial charge in [0.15, 0.2) is 0 Å². The van der Waals surface area contributed by atoms with Crippen molar-refractivity contribution in [3.05, 3.63) is 35.4 Å². The van der Waals surface area contributed by atoms with Crippen molar-refractivity contribution in [2.45, 2.75) is 51.5 Å². The quantitative estimate of drug-likeness (QED) is 0.802. The maximum atomic E-state index is 6.81. The lowest BCUT2D eigenvalue weighted by molar-refractivity contribution is 0.140. The summed E-state index contributed by atoms with van der Waals surface area (Å²) in [5.74, 6) is 2.41. The Morgan fingerprint density at radius 1 is 0.944 bits per heavy atom. The summed E-state index contributed by atoms with van der Waals surface area (Å²) < 4.78 is 0. The van der Waals surface area contributed by atoms with Crippen molar-refractivity contribution >= 4 is 0 Å². The second-order valence-corrected chi connectivity index (χ2v) is 6.97. The van der Waals surface area contributed by atoms with Crippen molar-refractivity contribution in [3.8, 4) is 0 Å². The molecule has 0 saturated heterocycles. The van der Waals surface area contributed by atoms with Gasteiger partial charge in [-0.2, -0.15) is 0 Å². The number of benzene rings is 1. The first-order valence-electron chi connectivity index (χ1n) is 7.42. The van der Waals surface area contributed by atoms with Gasteiger partial charge in [0.25, 0.3) is 0 Å². The minimum atomic E-state index is 0.0344. The van der Waals surface area contributed by atoms with Crippen molar-refractivity contribution in [2.24, 2.45) is 23.5 Å². The number of nitrogens with two attached hydrogens (primary N) is 1. The molecule has 0 aliphatic heterocycles. The standard InChI is InChI=1S/C17H25N/c1-12-7-13(2)9-16(8-12)17(18)10-14-5-3-4-6-15(14)11-17/h3-6,12-13,16H,7-11,18H2,1-2H3. The lowest BCUT2D eigenvalue weighted by Gasteiger charge is -2.41. The summed E-state index contributed by atoms with van der Waals surface area (Å²) in [5.41, 5.74) is 9.83. The Balaban J connectivity index is 1.81. The summed E-state index contributed by atoms with van der Waals surface area (Å²) in [5, 5.41) is 0. The van der Waals surface area contributed by atoms with Gasteiger partial charge in [-0.3, -0.25) is 0 Å². The molecular weight excluding hydrogens is 218 g/mol. The molecule has 1 aromatic carbocycles. The Labute approximate surface area is 111 Å². The van der Waals surface area contributed by atoms with Crippen molar-refractivity contribution in [2.75, 3.05) is 0 Å². The van der Waals surface area contributed by atoms with E-state index in [1.165, 1.54) is 30.4 Å². The predicted octanol–water partition coefficient (Wildman–Crippen LogP) is 3.56. The highest BCUT2D eigenvalue weighted by molar-refractivity contribution is 5.36. The average Bonchev–Trinajstić information content (AvgIpc) is 2.65. The van der Waals surface area contributed by atoms with Crippen LogP contribution in [0.25, 0.3) is 0 Å². The Kier molecular flexibility index (Phi) is 2.97. The molecule has 1 heteroatoms. The van der Waals surface area contributed by atoms with Crippen LogP contribution in [0.1, 0.15) is 44.2 Å². The van der Waals surface area contributed by atoms with Gasteiger partial charge in [-0.15, -0.1) is 0 Å². The molecule has 2 atom stereocenters. The molecule has 0 radical (unpaired) electrons. The van der Waals surface area contributed by atoms with E-state index in [1.54, 1.807) is 0 Å². The highest BCUT2D eigenvalue weighted by Gasteiger charge is 2.42. The van der Waals surface area contributed by atoms with Crippen molar-refractivity contribution < 1.29 is 0 Å². The van der Waals surface area contributed by atoms with E-state index < -0.39 is 0 Å². The fourth-order valence-electron chi connectivity index (χ4n) is 4.38. The molecule has 0 amide bonds. The van der Waals surface area contributed by atoms with Crippen molar-refractivity contribution in [1.82, 2.24) is 0 Å². The highest BCUT2D eigenvalue weighted by atomic mass is 14.8. The minimum absolute atomic E-state index is 0.0344. The van der Waals surface area contributed by atoms with Gasteiger partial charge in [-0.25, -0.2) is 0 Å². The summed E-state index contributed by atoms with van der Waals surface area (Å²) in [6.45, 7) is 4.79. The Morgan fingerprint density at radius 2 is 1.44 bits per heavy atom. The molecule has 1 nitrogen and oxygen atoms in total. The molecule has 2 aliphatic rings. The SMILES string of the molecule is CC1CC(C)CC(C2(N)Cc3ccccc3C2)C1. The predicted molar refractivity (Wildman–Crippen MR) is 76.4 cm³/mol. The van der Waals surface area contributed by atoms with Gasteiger partial charge in [0.05, 0.1) is 0 Å². The number of fused-ring (bicyclic) bond motifs is 1. The molecule has 1 fully saturated rings. The maximum absolute atomic E-state index is 6.81. The molecule has 0 heterocycles. The third kappa shape index (κ3) is 2.09. The molecule has 0 spiro atoms. The molecule has 0 aromatic heterocycles. The maximum Gasteiger partial charge on any atom is 0.0264 e. The van der Waals surface area contributed by atoms with Crippen LogP contribution in [0.3, 0.4) is 0 Å². The van der Waals surface area contributed by atoms with E-state index in [4.69, 9.17) is 5.73 Å². The Hall–Kier alpha value is -0.820. The van der Waals surface area contributed by atoms with E-state index in [1.807, 2.05) is 0 Å². The second kappa shape index (κ2) is 4.38. The molecule has 1 aromatic rings. The van der Waals surface area contributed by atoms with Gasteiger partial charge in [0.1, 0.15) is 0 Å². The van der Waals surface area contributed by atoms with Crippen LogP contribution in [0, 0.1) is 17.8 Å². The largest absolute Gasteiger partial charge is 0.324 e. The molecule has 2 aliphatic carbocycles. The average molecular weight is 243 g/mol. The lowest BCUT2D eigenvalue weighted by atomic mass is 9.67. The summed E-state index contributed by atoms with van der Waals surface area (Å²) in [6, 6.07) is 8.83. The van der Waals surface area contributed by atoms with Crippen LogP contribution in [-0.2, 0) is 12.8 Å². The van der Waals surface area contributed by atoms with Gasteiger partial charge >= 0.3 is 0 Å². The molecule has 18 heavy (non-hydrogen) atoms. The summed E-state index contributed by atoms with van der Waals surface area (Å²) in [7, 11) is 0. The van der Waals surface area contributed by atoms with E-state index in [9.17, 15) is 0 Å². The van der Waals surface area contributed by atoms with Crippen LogP contribution in [0.2, 0.25) is 0 Å². The van der Waals surface area contributed by atoms with Crippen LogP contribution in [0.4, 0.5) is 0 Å². The van der Waals surface area contributed by atoms with Crippen molar-refractivity contribution in [3.63, 3.8) is 0 Å². The fraction of sp³-hybridized carbons (Fsp3) is 0.647. The fourth-order valence-corrected chi connectivity index (χ4v) is 4.38. The Morgan fingerprint density at radius 3 is 1.94 bits per heavy atom. The third-order valence-corrected chi connectivity index (χ3v) is 5.15. The minimum Gasteiger partial charge on any atom is -0.324 e. The van der Waals surface area contributed by atoms with Crippen molar-refractivity contribution in [1.29, 1.82) is 0 Å². The van der Waals surface area contributed by atoms with Gasteiger partial charge in [0, 0.05) is 5.54 Å². The van der Waals surface area contributed by atoms with E-state index >= 15 is 0 Å². The molecule has 2 N–H and O–H groups in total. The van der Waals surface area contributed by atoms with Crippen LogP contribution >= 0.6 is 0 Å². The first kappa shape index (κ1) is 12.2. The molecule has 2 unspecified atom stereocenters. The van der Waals surface area contributed by atoms with Crippen LogP contribution in [-0.4, -0.2) is 5.54 Å².